The fourth-order valence-corrected chi connectivity index (χ4v) is 1.28. The molecule has 0 aliphatic carbocycles. The standard InChI is InChI=1S/C9H16N4O2/c1-13(4-7(10)5-15-2)8-3-9(14)12-6-11-8/h3,6-7H,4-5,10H2,1-2H3,(H,11,12,14). The maximum absolute atomic E-state index is 11.0. The van der Waals surface area contributed by atoms with Crippen LogP contribution >= 0.6 is 0 Å². The quantitative estimate of drug-likeness (QED) is 0.666. The first kappa shape index (κ1) is 11.7. The van der Waals surface area contributed by atoms with Gasteiger partial charge in [-0.2, -0.15) is 0 Å². The molecule has 84 valence electrons. The summed E-state index contributed by atoms with van der Waals surface area (Å²) in [5, 5.41) is 0. The molecule has 0 aliphatic rings. The van der Waals surface area contributed by atoms with E-state index in [9.17, 15) is 4.79 Å². The molecule has 0 aromatic carbocycles. The normalized spacial score (nSPS) is 12.5. The Bertz CT molecular complexity index is 352. The molecular weight excluding hydrogens is 196 g/mol. The van der Waals surface area contributed by atoms with Gasteiger partial charge >= 0.3 is 0 Å². The Labute approximate surface area is 88.1 Å². The third-order valence-corrected chi connectivity index (χ3v) is 1.94. The van der Waals surface area contributed by atoms with Crippen molar-refractivity contribution in [3.8, 4) is 0 Å². The Balaban J connectivity index is 2.60. The largest absolute Gasteiger partial charge is 0.383 e. The third kappa shape index (κ3) is 3.69. The van der Waals surface area contributed by atoms with Crippen LogP contribution in [0.15, 0.2) is 17.2 Å². The molecule has 1 aromatic rings. The number of hydrogen-bond acceptors (Lipinski definition) is 5. The van der Waals surface area contributed by atoms with Crippen LogP contribution in [0.3, 0.4) is 0 Å². The lowest BCUT2D eigenvalue weighted by atomic mass is 10.3. The van der Waals surface area contributed by atoms with Crippen molar-refractivity contribution in [3.63, 3.8) is 0 Å². The summed E-state index contributed by atoms with van der Waals surface area (Å²) in [5.41, 5.74) is 5.61. The van der Waals surface area contributed by atoms with Gasteiger partial charge in [-0.3, -0.25) is 4.79 Å². The highest BCUT2D eigenvalue weighted by atomic mass is 16.5. The van der Waals surface area contributed by atoms with E-state index in [1.807, 2.05) is 11.9 Å². The minimum Gasteiger partial charge on any atom is -0.383 e. The Kier molecular flexibility index (Phi) is 4.26. The second-order valence-corrected chi connectivity index (χ2v) is 3.37. The predicted octanol–water partition coefficient (Wildman–Crippen LogP) is -0.820. The van der Waals surface area contributed by atoms with Crippen molar-refractivity contribution in [2.24, 2.45) is 5.73 Å². The van der Waals surface area contributed by atoms with E-state index in [4.69, 9.17) is 10.5 Å². The van der Waals surface area contributed by atoms with Gasteiger partial charge in [-0.15, -0.1) is 0 Å². The molecule has 1 rings (SSSR count). The van der Waals surface area contributed by atoms with Gasteiger partial charge in [0.2, 0.25) is 0 Å². The molecule has 15 heavy (non-hydrogen) atoms. The third-order valence-electron chi connectivity index (χ3n) is 1.94. The molecule has 0 amide bonds. The summed E-state index contributed by atoms with van der Waals surface area (Å²) in [4.78, 5) is 19.3. The van der Waals surface area contributed by atoms with Gasteiger partial charge in [-0.05, 0) is 0 Å². The number of likely N-dealkylation sites (N-methyl/N-ethyl adjacent to an activating group) is 1. The van der Waals surface area contributed by atoms with Gasteiger partial charge < -0.3 is 20.4 Å². The van der Waals surface area contributed by atoms with E-state index in [0.717, 1.165) is 0 Å². The molecule has 3 N–H and O–H groups in total. The number of methoxy groups -OCH3 is 1. The molecule has 1 heterocycles. The molecule has 0 spiro atoms. The van der Waals surface area contributed by atoms with Crippen molar-refractivity contribution in [1.82, 2.24) is 9.97 Å². The first-order chi connectivity index (χ1) is 7.13. The number of nitrogens with zero attached hydrogens (tertiary/aromatic N) is 2. The van der Waals surface area contributed by atoms with Crippen molar-refractivity contribution >= 4 is 5.82 Å². The number of rotatable bonds is 5. The van der Waals surface area contributed by atoms with E-state index in [1.165, 1.54) is 12.4 Å². The molecule has 1 unspecified atom stereocenters. The zero-order valence-corrected chi connectivity index (χ0v) is 8.93. The van der Waals surface area contributed by atoms with Gasteiger partial charge in [0.05, 0.1) is 12.9 Å². The van der Waals surface area contributed by atoms with Gasteiger partial charge in [0.15, 0.2) is 0 Å². The molecule has 0 bridgehead atoms. The lowest BCUT2D eigenvalue weighted by Crippen LogP contribution is -2.39. The van der Waals surface area contributed by atoms with Crippen LogP contribution in [0.5, 0.6) is 0 Å². The summed E-state index contributed by atoms with van der Waals surface area (Å²) >= 11 is 0. The highest BCUT2D eigenvalue weighted by molar-refractivity contribution is 5.35. The molecule has 6 nitrogen and oxygen atoms in total. The summed E-state index contributed by atoms with van der Waals surface area (Å²) in [5.74, 6) is 0.602. The molecule has 1 aromatic heterocycles. The second-order valence-electron chi connectivity index (χ2n) is 3.37. The Morgan fingerprint density at radius 1 is 1.73 bits per heavy atom. The van der Waals surface area contributed by atoms with E-state index in [-0.39, 0.29) is 11.6 Å². The van der Waals surface area contributed by atoms with Gasteiger partial charge in [-0.1, -0.05) is 0 Å². The van der Waals surface area contributed by atoms with Crippen LogP contribution in [0, 0.1) is 0 Å². The summed E-state index contributed by atoms with van der Waals surface area (Å²) in [6, 6.07) is 1.33. The first-order valence-electron chi connectivity index (χ1n) is 4.64. The SMILES string of the molecule is COCC(N)CN(C)c1cc(=O)[nH]cn1. The summed E-state index contributed by atoms with van der Waals surface area (Å²) in [6.45, 7) is 1.07. The number of anilines is 1. The smallest absolute Gasteiger partial charge is 0.252 e. The van der Waals surface area contributed by atoms with Gasteiger partial charge in [0.25, 0.3) is 5.56 Å². The van der Waals surface area contributed by atoms with Crippen molar-refractivity contribution in [3.05, 3.63) is 22.7 Å². The fraction of sp³-hybridized carbons (Fsp3) is 0.556. The lowest BCUT2D eigenvalue weighted by Gasteiger charge is -2.21. The highest BCUT2D eigenvalue weighted by Crippen LogP contribution is 2.03. The first-order valence-corrected chi connectivity index (χ1v) is 4.64. The van der Waals surface area contributed by atoms with Crippen molar-refractivity contribution in [2.45, 2.75) is 6.04 Å². The predicted molar refractivity (Wildman–Crippen MR) is 58.0 cm³/mol. The van der Waals surface area contributed by atoms with Crippen LogP contribution < -0.4 is 16.2 Å². The summed E-state index contributed by atoms with van der Waals surface area (Å²) in [7, 11) is 3.43. The lowest BCUT2D eigenvalue weighted by molar-refractivity contribution is 0.181. The highest BCUT2D eigenvalue weighted by Gasteiger charge is 2.08. The van der Waals surface area contributed by atoms with E-state index in [0.29, 0.717) is 19.0 Å². The molecule has 0 fully saturated rings. The van der Waals surface area contributed by atoms with Crippen LogP contribution in [0.25, 0.3) is 0 Å². The van der Waals surface area contributed by atoms with Crippen molar-refractivity contribution in [2.75, 3.05) is 32.2 Å². The number of aromatic nitrogens is 2. The molecule has 0 aliphatic heterocycles. The number of nitrogens with one attached hydrogen (secondary N) is 1. The molecule has 1 atom stereocenters. The molecule has 0 radical (unpaired) electrons. The summed E-state index contributed by atoms with van der Waals surface area (Å²) < 4.78 is 4.92. The number of hydrogen-bond donors (Lipinski definition) is 2. The van der Waals surface area contributed by atoms with Crippen LogP contribution in [0.1, 0.15) is 0 Å². The Hall–Kier alpha value is -1.40. The van der Waals surface area contributed by atoms with Crippen molar-refractivity contribution < 1.29 is 4.74 Å². The Morgan fingerprint density at radius 2 is 2.47 bits per heavy atom. The van der Waals surface area contributed by atoms with E-state index >= 15 is 0 Å². The van der Waals surface area contributed by atoms with Crippen LogP contribution in [0.4, 0.5) is 5.82 Å². The van der Waals surface area contributed by atoms with E-state index in [1.54, 1.807) is 7.11 Å². The van der Waals surface area contributed by atoms with E-state index in [2.05, 4.69) is 9.97 Å². The number of nitrogens with two attached hydrogens (primary N) is 1. The van der Waals surface area contributed by atoms with Crippen LogP contribution in [-0.2, 0) is 4.74 Å². The van der Waals surface area contributed by atoms with Crippen molar-refractivity contribution in [1.29, 1.82) is 0 Å². The zero-order chi connectivity index (χ0) is 11.3. The second kappa shape index (κ2) is 5.47. The fourth-order valence-electron chi connectivity index (χ4n) is 1.28. The molecule has 6 heteroatoms. The Morgan fingerprint density at radius 3 is 3.07 bits per heavy atom. The number of aromatic amines is 1. The topological polar surface area (TPSA) is 84.2 Å². The zero-order valence-electron chi connectivity index (χ0n) is 8.93. The maximum atomic E-state index is 11.0. The average molecular weight is 212 g/mol. The van der Waals surface area contributed by atoms with Gasteiger partial charge in [-0.25, -0.2) is 4.98 Å². The van der Waals surface area contributed by atoms with Gasteiger partial charge in [0, 0.05) is 32.8 Å². The van der Waals surface area contributed by atoms with E-state index < -0.39 is 0 Å². The minimum absolute atomic E-state index is 0.0962. The minimum atomic E-state index is -0.174. The molecule has 0 saturated heterocycles. The number of ether oxygens (including phenoxy) is 1. The average Bonchev–Trinajstić information content (AvgIpc) is 2.18. The molecule has 0 saturated carbocycles. The van der Waals surface area contributed by atoms with Crippen LogP contribution in [0.2, 0.25) is 0 Å². The van der Waals surface area contributed by atoms with Gasteiger partial charge in [0.1, 0.15) is 5.82 Å². The maximum Gasteiger partial charge on any atom is 0.252 e. The monoisotopic (exact) mass is 212 g/mol. The van der Waals surface area contributed by atoms with Crippen LogP contribution in [-0.4, -0.2) is 43.3 Å². The summed E-state index contributed by atoms with van der Waals surface area (Å²) in [6.07, 6.45) is 1.37. The molecular formula is C9H16N4O2. The number of H-pyrrole nitrogens is 1.